The van der Waals surface area contributed by atoms with E-state index in [1.165, 1.54) is 0 Å². The molecule has 0 aromatic heterocycles. The van der Waals surface area contributed by atoms with Crippen LogP contribution in [0.25, 0.3) is 0 Å². The summed E-state index contributed by atoms with van der Waals surface area (Å²) in [5, 5.41) is 21.5. The van der Waals surface area contributed by atoms with Crippen LogP contribution >= 0.6 is 0 Å². The topological polar surface area (TPSA) is 95.9 Å². The summed E-state index contributed by atoms with van der Waals surface area (Å²) in [6, 6.07) is 4.95. The SMILES string of the molecule is CC(CCc1cccc(NC(=O)OC(C)(C)C)c1O)C(=O)O. The number of benzene rings is 1. The number of aromatic hydroxyl groups is 1. The van der Waals surface area contributed by atoms with E-state index >= 15 is 0 Å². The molecule has 0 fully saturated rings. The lowest BCUT2D eigenvalue weighted by molar-refractivity contribution is -0.141. The molecule has 22 heavy (non-hydrogen) atoms. The zero-order valence-electron chi connectivity index (χ0n) is 13.3. The number of ether oxygens (including phenoxy) is 1. The van der Waals surface area contributed by atoms with Crippen molar-refractivity contribution in [3.8, 4) is 5.75 Å². The van der Waals surface area contributed by atoms with Crippen molar-refractivity contribution in [3.05, 3.63) is 23.8 Å². The van der Waals surface area contributed by atoms with Crippen LogP contribution < -0.4 is 5.32 Å². The van der Waals surface area contributed by atoms with Crippen molar-refractivity contribution in [3.63, 3.8) is 0 Å². The van der Waals surface area contributed by atoms with Crippen LogP contribution in [0.2, 0.25) is 0 Å². The summed E-state index contributed by atoms with van der Waals surface area (Å²) in [5.41, 5.74) is 0.199. The van der Waals surface area contributed by atoms with Gasteiger partial charge in [0.15, 0.2) is 0 Å². The molecule has 0 heterocycles. The lowest BCUT2D eigenvalue weighted by Gasteiger charge is -2.20. The van der Waals surface area contributed by atoms with Crippen LogP contribution in [0.3, 0.4) is 0 Å². The number of phenolic OH excluding ortho intramolecular Hbond substituents is 1. The highest BCUT2D eigenvalue weighted by Crippen LogP contribution is 2.29. The van der Waals surface area contributed by atoms with E-state index in [4.69, 9.17) is 9.84 Å². The second-order valence-electron chi connectivity index (χ2n) is 6.22. The van der Waals surface area contributed by atoms with Crippen LogP contribution in [0, 0.1) is 5.92 Å². The number of nitrogens with one attached hydrogen (secondary N) is 1. The summed E-state index contributed by atoms with van der Waals surface area (Å²) in [6.45, 7) is 6.85. The van der Waals surface area contributed by atoms with Gasteiger partial charge in [0.2, 0.25) is 0 Å². The predicted molar refractivity (Wildman–Crippen MR) is 83.1 cm³/mol. The Hall–Kier alpha value is -2.24. The minimum Gasteiger partial charge on any atom is -0.505 e. The molecule has 3 N–H and O–H groups in total. The van der Waals surface area contributed by atoms with E-state index in [9.17, 15) is 14.7 Å². The molecule has 1 amide bonds. The molecule has 0 aliphatic carbocycles. The van der Waals surface area contributed by atoms with E-state index in [-0.39, 0.29) is 11.4 Å². The van der Waals surface area contributed by atoms with Crippen molar-refractivity contribution in [1.29, 1.82) is 0 Å². The third-order valence-electron chi connectivity index (χ3n) is 3.02. The van der Waals surface area contributed by atoms with Gasteiger partial charge >= 0.3 is 12.1 Å². The molecule has 1 rings (SSSR count). The van der Waals surface area contributed by atoms with Gasteiger partial charge in [0.1, 0.15) is 11.4 Å². The Morgan fingerprint density at radius 2 is 1.95 bits per heavy atom. The first kappa shape index (κ1) is 17.8. The Morgan fingerprint density at radius 3 is 2.50 bits per heavy atom. The molecule has 0 saturated heterocycles. The van der Waals surface area contributed by atoms with Crippen LogP contribution in [0.1, 0.15) is 39.7 Å². The van der Waals surface area contributed by atoms with E-state index in [1.54, 1.807) is 45.9 Å². The first-order chi connectivity index (χ1) is 10.1. The van der Waals surface area contributed by atoms with Crippen LogP contribution in [-0.2, 0) is 16.0 Å². The first-order valence-electron chi connectivity index (χ1n) is 7.14. The Bertz CT molecular complexity index is 548. The number of aliphatic carboxylic acids is 1. The van der Waals surface area contributed by atoms with Gasteiger partial charge in [-0.25, -0.2) is 4.79 Å². The molecule has 122 valence electrons. The molecule has 0 spiro atoms. The number of rotatable bonds is 5. The Labute approximate surface area is 130 Å². The number of amides is 1. The number of hydrogen-bond donors (Lipinski definition) is 3. The molecular formula is C16H23NO5. The Balaban J connectivity index is 2.76. The number of phenols is 1. The highest BCUT2D eigenvalue weighted by Gasteiger charge is 2.18. The number of para-hydroxylation sites is 1. The highest BCUT2D eigenvalue weighted by atomic mass is 16.6. The predicted octanol–water partition coefficient (Wildman–Crippen LogP) is 3.39. The Morgan fingerprint density at radius 1 is 1.32 bits per heavy atom. The summed E-state index contributed by atoms with van der Waals surface area (Å²) in [5.74, 6) is -1.43. The number of anilines is 1. The molecular weight excluding hydrogens is 286 g/mol. The van der Waals surface area contributed by atoms with E-state index in [0.717, 1.165) is 0 Å². The van der Waals surface area contributed by atoms with E-state index in [1.807, 2.05) is 0 Å². The maximum atomic E-state index is 11.7. The smallest absolute Gasteiger partial charge is 0.412 e. The van der Waals surface area contributed by atoms with Crippen molar-refractivity contribution < 1.29 is 24.5 Å². The standard InChI is InChI=1S/C16H23NO5/c1-10(14(19)20)8-9-11-6-5-7-12(13(11)18)17-15(21)22-16(2,3)4/h5-7,10,18H,8-9H2,1-4H3,(H,17,21)(H,19,20). The molecule has 1 unspecified atom stereocenters. The van der Waals surface area contributed by atoms with Gasteiger partial charge in [-0.05, 0) is 45.2 Å². The van der Waals surface area contributed by atoms with Crippen molar-refractivity contribution in [2.75, 3.05) is 5.32 Å². The minimum absolute atomic E-state index is 0.0639. The van der Waals surface area contributed by atoms with Crippen LogP contribution in [-0.4, -0.2) is 27.9 Å². The average molecular weight is 309 g/mol. The van der Waals surface area contributed by atoms with E-state index in [2.05, 4.69) is 5.32 Å². The van der Waals surface area contributed by atoms with Crippen molar-refractivity contribution in [1.82, 2.24) is 0 Å². The number of aryl methyl sites for hydroxylation is 1. The van der Waals surface area contributed by atoms with Gasteiger partial charge in [-0.2, -0.15) is 0 Å². The van der Waals surface area contributed by atoms with Gasteiger partial charge in [0.25, 0.3) is 0 Å². The molecule has 0 radical (unpaired) electrons. The maximum absolute atomic E-state index is 11.7. The minimum atomic E-state index is -0.873. The normalized spacial score (nSPS) is 12.5. The molecule has 1 atom stereocenters. The molecule has 0 aliphatic rings. The van der Waals surface area contributed by atoms with Gasteiger partial charge in [0, 0.05) is 0 Å². The number of carboxylic acids is 1. The second kappa shape index (κ2) is 7.15. The van der Waals surface area contributed by atoms with Crippen molar-refractivity contribution in [2.24, 2.45) is 5.92 Å². The highest BCUT2D eigenvalue weighted by molar-refractivity contribution is 5.87. The molecule has 1 aromatic rings. The fourth-order valence-electron chi connectivity index (χ4n) is 1.80. The van der Waals surface area contributed by atoms with E-state index in [0.29, 0.717) is 18.4 Å². The zero-order valence-corrected chi connectivity index (χ0v) is 13.3. The molecule has 0 bridgehead atoms. The molecule has 0 saturated carbocycles. The fourth-order valence-corrected chi connectivity index (χ4v) is 1.80. The zero-order chi connectivity index (χ0) is 16.9. The van der Waals surface area contributed by atoms with Gasteiger partial charge in [0.05, 0.1) is 11.6 Å². The van der Waals surface area contributed by atoms with Gasteiger partial charge in [-0.15, -0.1) is 0 Å². The molecule has 0 aliphatic heterocycles. The lowest BCUT2D eigenvalue weighted by atomic mass is 10.00. The van der Waals surface area contributed by atoms with Crippen LogP contribution in [0.15, 0.2) is 18.2 Å². The fraction of sp³-hybridized carbons (Fsp3) is 0.500. The van der Waals surface area contributed by atoms with Gasteiger partial charge in [-0.1, -0.05) is 19.1 Å². The van der Waals surface area contributed by atoms with Gasteiger partial charge < -0.3 is 14.9 Å². The summed E-state index contributed by atoms with van der Waals surface area (Å²) < 4.78 is 5.13. The van der Waals surface area contributed by atoms with Gasteiger partial charge in [-0.3, -0.25) is 10.1 Å². The summed E-state index contributed by atoms with van der Waals surface area (Å²) in [4.78, 5) is 22.5. The summed E-state index contributed by atoms with van der Waals surface area (Å²) in [7, 11) is 0. The third kappa shape index (κ3) is 5.63. The van der Waals surface area contributed by atoms with Crippen molar-refractivity contribution in [2.45, 2.75) is 46.1 Å². The number of carbonyl (C=O) groups excluding carboxylic acids is 1. The summed E-state index contributed by atoms with van der Waals surface area (Å²) in [6.07, 6.45) is 0.154. The second-order valence-corrected chi connectivity index (χ2v) is 6.22. The van der Waals surface area contributed by atoms with Crippen molar-refractivity contribution >= 4 is 17.7 Å². The molecule has 1 aromatic carbocycles. The number of carbonyl (C=O) groups is 2. The number of carboxylic acid groups (broad SMARTS) is 1. The maximum Gasteiger partial charge on any atom is 0.412 e. The Kier molecular flexibility index (Phi) is 5.79. The lowest BCUT2D eigenvalue weighted by Crippen LogP contribution is -2.27. The third-order valence-corrected chi connectivity index (χ3v) is 3.02. The molecule has 6 nitrogen and oxygen atoms in total. The first-order valence-corrected chi connectivity index (χ1v) is 7.14. The van der Waals surface area contributed by atoms with E-state index < -0.39 is 23.6 Å². The monoisotopic (exact) mass is 309 g/mol. The quantitative estimate of drug-likeness (QED) is 0.724. The van der Waals surface area contributed by atoms with Crippen LogP contribution in [0.4, 0.5) is 10.5 Å². The average Bonchev–Trinajstić information content (AvgIpc) is 2.37. The largest absolute Gasteiger partial charge is 0.505 e. The van der Waals surface area contributed by atoms with Crippen LogP contribution in [0.5, 0.6) is 5.75 Å². The number of hydrogen-bond acceptors (Lipinski definition) is 4. The summed E-state index contributed by atoms with van der Waals surface area (Å²) >= 11 is 0. The molecule has 6 heteroatoms.